The van der Waals surface area contributed by atoms with Gasteiger partial charge in [0.2, 0.25) is 6.29 Å². The summed E-state index contributed by atoms with van der Waals surface area (Å²) >= 11 is 0. The molecule has 0 bridgehead atoms. The first-order chi connectivity index (χ1) is 11.3. The normalized spacial score (nSPS) is 30.4. The highest BCUT2D eigenvalue weighted by atomic mass is 16.7. The molecular weight excluding hydrogens is 324 g/mol. The summed E-state index contributed by atoms with van der Waals surface area (Å²) in [7, 11) is 0. The zero-order valence-corrected chi connectivity index (χ0v) is 12.4. The molecule has 2 rings (SSSR count). The molecule has 1 heterocycles. The quantitative estimate of drug-likeness (QED) is 0.357. The van der Waals surface area contributed by atoms with Crippen molar-refractivity contribution in [2.45, 2.75) is 30.7 Å². The van der Waals surface area contributed by atoms with E-state index in [9.17, 15) is 25.2 Å². The second-order valence-electron chi connectivity index (χ2n) is 5.25. The van der Waals surface area contributed by atoms with E-state index in [1.54, 1.807) is 0 Å². The standard InChI is InChI=1S/C15H18O9/c16-6-10-12(20)13(21)14(22)15(24-10)23-9-4-7(1-2-11(18)19)3-8(17)5-9/h1-5,10,12-17,20-22H,6H2,(H,18,19)/b2-1+/t10-,12-,13+,14-,15-/m1/s1. The van der Waals surface area contributed by atoms with Gasteiger partial charge >= 0.3 is 5.97 Å². The Morgan fingerprint density at radius 1 is 1.17 bits per heavy atom. The van der Waals surface area contributed by atoms with Crippen LogP contribution in [-0.4, -0.2) is 73.9 Å². The van der Waals surface area contributed by atoms with Gasteiger partial charge in [0.25, 0.3) is 0 Å². The number of phenolic OH excluding ortho intramolecular Hbond substituents is 1. The van der Waals surface area contributed by atoms with Gasteiger partial charge in [-0.25, -0.2) is 4.79 Å². The van der Waals surface area contributed by atoms with Crippen LogP contribution >= 0.6 is 0 Å². The van der Waals surface area contributed by atoms with Crippen molar-refractivity contribution in [3.05, 3.63) is 29.8 Å². The molecule has 0 saturated carbocycles. The predicted molar refractivity (Wildman–Crippen MR) is 79.2 cm³/mol. The summed E-state index contributed by atoms with van der Waals surface area (Å²) < 4.78 is 10.5. The fourth-order valence-electron chi connectivity index (χ4n) is 2.24. The molecule has 132 valence electrons. The number of carboxylic acids is 1. The van der Waals surface area contributed by atoms with Crippen LogP contribution in [0.2, 0.25) is 0 Å². The number of carbonyl (C=O) groups is 1. The zero-order valence-electron chi connectivity index (χ0n) is 12.4. The molecule has 0 unspecified atom stereocenters. The summed E-state index contributed by atoms with van der Waals surface area (Å²) in [5, 5.41) is 56.7. The maximum Gasteiger partial charge on any atom is 0.328 e. The fourth-order valence-corrected chi connectivity index (χ4v) is 2.24. The molecule has 1 saturated heterocycles. The van der Waals surface area contributed by atoms with Gasteiger partial charge in [0, 0.05) is 12.1 Å². The number of aliphatic hydroxyl groups excluding tert-OH is 4. The molecule has 0 aromatic heterocycles. The Labute approximate surface area is 136 Å². The second kappa shape index (κ2) is 7.60. The summed E-state index contributed by atoms with van der Waals surface area (Å²) in [5.74, 6) is -1.36. The van der Waals surface area contributed by atoms with Crippen molar-refractivity contribution < 1.29 is 44.9 Å². The lowest BCUT2D eigenvalue weighted by Gasteiger charge is -2.39. The molecule has 9 heteroatoms. The van der Waals surface area contributed by atoms with Gasteiger partial charge in [-0.05, 0) is 23.8 Å². The average molecular weight is 342 g/mol. The van der Waals surface area contributed by atoms with Gasteiger partial charge in [-0.3, -0.25) is 0 Å². The van der Waals surface area contributed by atoms with Crippen molar-refractivity contribution in [3.8, 4) is 11.5 Å². The summed E-state index contributed by atoms with van der Waals surface area (Å²) in [6.07, 6.45) is -5.14. The molecule has 1 aromatic rings. The summed E-state index contributed by atoms with van der Waals surface area (Å²) in [6, 6.07) is 3.86. The average Bonchev–Trinajstić information content (AvgIpc) is 2.53. The van der Waals surface area contributed by atoms with Crippen LogP contribution < -0.4 is 4.74 Å². The van der Waals surface area contributed by atoms with E-state index in [4.69, 9.17) is 19.7 Å². The number of phenols is 1. The molecule has 6 N–H and O–H groups in total. The molecule has 0 spiro atoms. The summed E-state index contributed by atoms with van der Waals surface area (Å²) in [6.45, 7) is -0.600. The molecule has 9 nitrogen and oxygen atoms in total. The highest BCUT2D eigenvalue weighted by Gasteiger charge is 2.44. The molecule has 1 aromatic carbocycles. The third-order valence-electron chi connectivity index (χ3n) is 3.43. The molecule has 1 aliphatic rings. The minimum atomic E-state index is -1.59. The number of aromatic hydroxyl groups is 1. The van der Waals surface area contributed by atoms with E-state index in [0.29, 0.717) is 5.56 Å². The van der Waals surface area contributed by atoms with Crippen LogP contribution in [0.5, 0.6) is 11.5 Å². The number of aliphatic hydroxyl groups is 4. The Kier molecular flexibility index (Phi) is 5.75. The van der Waals surface area contributed by atoms with Crippen LogP contribution in [0.25, 0.3) is 6.08 Å². The monoisotopic (exact) mass is 342 g/mol. The molecule has 0 amide bonds. The highest BCUT2D eigenvalue weighted by Crippen LogP contribution is 2.28. The Balaban J connectivity index is 2.19. The summed E-state index contributed by atoms with van der Waals surface area (Å²) in [4.78, 5) is 10.5. The van der Waals surface area contributed by atoms with Crippen molar-refractivity contribution in [3.63, 3.8) is 0 Å². The molecule has 5 atom stereocenters. The second-order valence-corrected chi connectivity index (χ2v) is 5.25. The van der Waals surface area contributed by atoms with Crippen LogP contribution in [-0.2, 0) is 9.53 Å². The van der Waals surface area contributed by atoms with E-state index < -0.39 is 43.3 Å². The van der Waals surface area contributed by atoms with Crippen molar-refractivity contribution in [1.29, 1.82) is 0 Å². The van der Waals surface area contributed by atoms with E-state index in [1.165, 1.54) is 24.3 Å². The SMILES string of the molecule is O=C(O)/C=C/c1cc(O)cc(O[C@@H]2O[C@H](CO)[C@@H](O)[C@H](O)[C@H]2O)c1. The Morgan fingerprint density at radius 2 is 1.88 bits per heavy atom. The number of aliphatic carboxylic acids is 1. The number of hydrogen-bond acceptors (Lipinski definition) is 8. The van der Waals surface area contributed by atoms with E-state index in [2.05, 4.69) is 0 Å². The van der Waals surface area contributed by atoms with Crippen molar-refractivity contribution in [2.75, 3.05) is 6.61 Å². The Morgan fingerprint density at radius 3 is 2.50 bits per heavy atom. The topological polar surface area (TPSA) is 157 Å². The van der Waals surface area contributed by atoms with Gasteiger partial charge in [0.15, 0.2) is 0 Å². The molecular formula is C15H18O9. The maximum absolute atomic E-state index is 10.5. The van der Waals surface area contributed by atoms with Gasteiger partial charge in [0.05, 0.1) is 6.61 Å². The van der Waals surface area contributed by atoms with Crippen molar-refractivity contribution >= 4 is 12.0 Å². The molecule has 1 aliphatic heterocycles. The van der Waals surface area contributed by atoms with Crippen LogP contribution in [0.4, 0.5) is 0 Å². The predicted octanol–water partition coefficient (Wildman–Crippen LogP) is -1.33. The van der Waals surface area contributed by atoms with Crippen LogP contribution in [0, 0.1) is 0 Å². The molecule has 1 fully saturated rings. The van der Waals surface area contributed by atoms with Gasteiger partial charge < -0.3 is 40.1 Å². The minimum absolute atomic E-state index is 0.0318. The Hall–Kier alpha value is -2.17. The smallest absolute Gasteiger partial charge is 0.328 e. The van der Waals surface area contributed by atoms with E-state index >= 15 is 0 Å². The first-order valence-corrected chi connectivity index (χ1v) is 7.04. The number of rotatable bonds is 5. The van der Waals surface area contributed by atoms with E-state index in [-0.39, 0.29) is 11.5 Å². The van der Waals surface area contributed by atoms with Crippen molar-refractivity contribution in [2.24, 2.45) is 0 Å². The number of carboxylic acid groups (broad SMARTS) is 1. The first kappa shape index (κ1) is 18.2. The largest absolute Gasteiger partial charge is 0.508 e. The lowest BCUT2D eigenvalue weighted by atomic mass is 9.99. The van der Waals surface area contributed by atoms with Gasteiger partial charge in [-0.15, -0.1) is 0 Å². The molecule has 0 aliphatic carbocycles. The van der Waals surface area contributed by atoms with E-state index in [0.717, 1.165) is 6.08 Å². The lowest BCUT2D eigenvalue weighted by Crippen LogP contribution is -2.60. The zero-order chi connectivity index (χ0) is 17.9. The Bertz CT molecular complexity index is 613. The lowest BCUT2D eigenvalue weighted by molar-refractivity contribution is -0.277. The van der Waals surface area contributed by atoms with Crippen LogP contribution in [0.15, 0.2) is 24.3 Å². The third-order valence-corrected chi connectivity index (χ3v) is 3.43. The van der Waals surface area contributed by atoms with Gasteiger partial charge in [0.1, 0.15) is 35.9 Å². The molecule has 24 heavy (non-hydrogen) atoms. The maximum atomic E-state index is 10.5. The fraction of sp³-hybridized carbons (Fsp3) is 0.400. The minimum Gasteiger partial charge on any atom is -0.508 e. The number of ether oxygens (including phenoxy) is 2. The van der Waals surface area contributed by atoms with Gasteiger partial charge in [-0.2, -0.15) is 0 Å². The van der Waals surface area contributed by atoms with Crippen LogP contribution in [0.1, 0.15) is 5.56 Å². The van der Waals surface area contributed by atoms with Crippen molar-refractivity contribution in [1.82, 2.24) is 0 Å². The number of benzene rings is 1. The number of hydrogen-bond donors (Lipinski definition) is 6. The van der Waals surface area contributed by atoms with Gasteiger partial charge in [-0.1, -0.05) is 0 Å². The molecule has 0 radical (unpaired) electrons. The first-order valence-electron chi connectivity index (χ1n) is 7.04. The summed E-state index contributed by atoms with van der Waals surface area (Å²) in [5.41, 5.74) is 0.317. The van der Waals surface area contributed by atoms with Crippen LogP contribution in [0.3, 0.4) is 0 Å². The third kappa shape index (κ3) is 4.22. The van der Waals surface area contributed by atoms with E-state index in [1.807, 2.05) is 0 Å². The highest BCUT2D eigenvalue weighted by molar-refractivity contribution is 5.85.